The van der Waals surface area contributed by atoms with E-state index in [1.807, 2.05) is 12.1 Å². The lowest BCUT2D eigenvalue weighted by molar-refractivity contribution is 0.234. The summed E-state index contributed by atoms with van der Waals surface area (Å²) in [5.41, 5.74) is 1.05. The van der Waals surface area contributed by atoms with E-state index in [0.29, 0.717) is 17.5 Å². The van der Waals surface area contributed by atoms with E-state index >= 15 is 0 Å². The van der Waals surface area contributed by atoms with Gasteiger partial charge < -0.3 is 24.8 Å². The minimum absolute atomic E-state index is 0.0537. The maximum absolute atomic E-state index is 9.88. The lowest BCUT2D eigenvalue weighted by Crippen LogP contribution is -2.40. The van der Waals surface area contributed by atoms with Gasteiger partial charge in [0, 0.05) is 12.6 Å². The number of phenols is 1. The van der Waals surface area contributed by atoms with Gasteiger partial charge in [-0.25, -0.2) is 0 Å². The Hall–Kier alpha value is -1.46. The quantitative estimate of drug-likeness (QED) is 0.858. The topological polar surface area (TPSA) is 54.0 Å². The van der Waals surface area contributed by atoms with Crippen molar-refractivity contribution in [2.24, 2.45) is 0 Å². The van der Waals surface area contributed by atoms with Gasteiger partial charge >= 0.3 is 0 Å². The van der Waals surface area contributed by atoms with Gasteiger partial charge in [0.1, 0.15) is 0 Å². The molecule has 1 fully saturated rings. The van der Waals surface area contributed by atoms with Gasteiger partial charge in [0.25, 0.3) is 0 Å². The highest BCUT2D eigenvalue weighted by Gasteiger charge is 2.17. The number of likely N-dealkylation sites (tertiary alicyclic amines) is 1. The minimum atomic E-state index is 0.0537. The van der Waals surface area contributed by atoms with Crippen molar-refractivity contribution >= 4 is 0 Å². The fourth-order valence-electron chi connectivity index (χ4n) is 2.52. The number of ether oxygens (including phenoxy) is 2. The standard InChI is InChI=1S/C15H24N2O3/c1-17-6-4-12(5-7-17)16-10-11-8-13(19-2)15(18)14(9-11)20-3/h8-9,12,16,18H,4-7,10H2,1-3H3. The normalized spacial score (nSPS) is 17.1. The van der Waals surface area contributed by atoms with Crippen LogP contribution < -0.4 is 14.8 Å². The molecule has 1 aliphatic rings. The third-order valence-corrected chi connectivity index (χ3v) is 3.85. The molecule has 0 atom stereocenters. The molecule has 2 N–H and O–H groups in total. The van der Waals surface area contributed by atoms with Crippen molar-refractivity contribution in [3.8, 4) is 17.2 Å². The number of benzene rings is 1. The van der Waals surface area contributed by atoms with Gasteiger partial charge in [-0.3, -0.25) is 0 Å². The molecule has 20 heavy (non-hydrogen) atoms. The Kier molecular flexibility index (Phi) is 5.09. The predicted molar refractivity (Wildman–Crippen MR) is 78.6 cm³/mol. The molecule has 5 heteroatoms. The SMILES string of the molecule is COc1cc(CNC2CCN(C)CC2)cc(OC)c1O. The number of phenolic OH excluding ortho intramolecular Hbond substituents is 1. The molecular formula is C15H24N2O3. The molecule has 112 valence electrons. The molecule has 0 amide bonds. The number of aromatic hydroxyl groups is 1. The highest BCUT2D eigenvalue weighted by molar-refractivity contribution is 5.52. The maximum atomic E-state index is 9.88. The first kappa shape index (κ1) is 14.9. The van der Waals surface area contributed by atoms with Gasteiger partial charge in [-0.2, -0.15) is 0 Å². The van der Waals surface area contributed by atoms with Gasteiger partial charge in [0.15, 0.2) is 11.5 Å². The molecule has 1 heterocycles. The van der Waals surface area contributed by atoms with Gasteiger partial charge in [0.05, 0.1) is 14.2 Å². The molecule has 0 saturated carbocycles. The fraction of sp³-hybridized carbons (Fsp3) is 0.600. The van der Waals surface area contributed by atoms with Crippen LogP contribution in [0.5, 0.6) is 17.2 Å². The Morgan fingerprint density at radius 1 is 1.20 bits per heavy atom. The van der Waals surface area contributed by atoms with Crippen molar-refractivity contribution in [1.82, 2.24) is 10.2 Å². The van der Waals surface area contributed by atoms with Crippen molar-refractivity contribution < 1.29 is 14.6 Å². The zero-order valence-electron chi connectivity index (χ0n) is 12.5. The summed E-state index contributed by atoms with van der Waals surface area (Å²) in [6, 6.07) is 4.25. The molecule has 0 unspecified atom stereocenters. The lowest BCUT2D eigenvalue weighted by atomic mass is 10.0. The van der Waals surface area contributed by atoms with E-state index in [-0.39, 0.29) is 5.75 Å². The van der Waals surface area contributed by atoms with Crippen molar-refractivity contribution in [1.29, 1.82) is 0 Å². The average Bonchev–Trinajstić information content (AvgIpc) is 2.47. The smallest absolute Gasteiger partial charge is 0.200 e. The first-order chi connectivity index (χ1) is 9.63. The van der Waals surface area contributed by atoms with Crippen LogP contribution in [-0.4, -0.2) is 50.4 Å². The second kappa shape index (κ2) is 6.81. The predicted octanol–water partition coefficient (Wildman–Crippen LogP) is 1.59. The molecule has 0 spiro atoms. The van der Waals surface area contributed by atoms with Crippen LogP contribution >= 0.6 is 0 Å². The summed E-state index contributed by atoms with van der Waals surface area (Å²) in [5, 5.41) is 13.4. The van der Waals surface area contributed by atoms with Crippen LogP contribution in [0.25, 0.3) is 0 Å². The molecule has 2 rings (SSSR count). The Morgan fingerprint density at radius 3 is 2.25 bits per heavy atom. The molecule has 0 bridgehead atoms. The Labute approximate surface area is 120 Å². The summed E-state index contributed by atoms with van der Waals surface area (Å²) in [5.74, 6) is 0.951. The second-order valence-electron chi connectivity index (χ2n) is 5.31. The van der Waals surface area contributed by atoms with E-state index in [1.54, 1.807) is 14.2 Å². The number of nitrogens with one attached hydrogen (secondary N) is 1. The molecule has 1 saturated heterocycles. The minimum Gasteiger partial charge on any atom is -0.502 e. The third-order valence-electron chi connectivity index (χ3n) is 3.85. The zero-order valence-corrected chi connectivity index (χ0v) is 12.5. The average molecular weight is 280 g/mol. The second-order valence-corrected chi connectivity index (χ2v) is 5.31. The lowest BCUT2D eigenvalue weighted by Gasteiger charge is -2.29. The highest BCUT2D eigenvalue weighted by Crippen LogP contribution is 2.37. The van der Waals surface area contributed by atoms with E-state index in [4.69, 9.17) is 9.47 Å². The number of rotatable bonds is 5. The highest BCUT2D eigenvalue weighted by atomic mass is 16.5. The summed E-state index contributed by atoms with van der Waals surface area (Å²) >= 11 is 0. The van der Waals surface area contributed by atoms with Crippen molar-refractivity contribution in [2.45, 2.75) is 25.4 Å². The number of methoxy groups -OCH3 is 2. The molecular weight excluding hydrogens is 256 g/mol. The summed E-state index contributed by atoms with van der Waals surface area (Å²) in [7, 11) is 5.25. The monoisotopic (exact) mass is 280 g/mol. The molecule has 0 radical (unpaired) electrons. The molecule has 1 aromatic rings. The van der Waals surface area contributed by atoms with Gasteiger partial charge in [-0.15, -0.1) is 0 Å². The van der Waals surface area contributed by atoms with Crippen molar-refractivity contribution in [3.05, 3.63) is 17.7 Å². The van der Waals surface area contributed by atoms with Crippen LogP contribution in [0.4, 0.5) is 0 Å². The fourth-order valence-corrected chi connectivity index (χ4v) is 2.52. The van der Waals surface area contributed by atoms with Gasteiger partial charge in [-0.1, -0.05) is 0 Å². The number of nitrogens with zero attached hydrogens (tertiary/aromatic N) is 1. The molecule has 0 aromatic heterocycles. The molecule has 5 nitrogen and oxygen atoms in total. The molecule has 1 aromatic carbocycles. The first-order valence-corrected chi connectivity index (χ1v) is 6.99. The Bertz CT molecular complexity index is 418. The Balaban J connectivity index is 1.98. The summed E-state index contributed by atoms with van der Waals surface area (Å²) in [4.78, 5) is 2.35. The van der Waals surface area contributed by atoms with Crippen LogP contribution in [0, 0.1) is 0 Å². The number of piperidine rings is 1. The van der Waals surface area contributed by atoms with Crippen LogP contribution in [0.3, 0.4) is 0 Å². The van der Waals surface area contributed by atoms with E-state index < -0.39 is 0 Å². The van der Waals surface area contributed by atoms with Crippen molar-refractivity contribution in [2.75, 3.05) is 34.4 Å². The van der Waals surface area contributed by atoms with Crippen LogP contribution in [0.2, 0.25) is 0 Å². The Morgan fingerprint density at radius 2 is 1.75 bits per heavy atom. The third kappa shape index (κ3) is 3.55. The van der Waals surface area contributed by atoms with Gasteiger partial charge in [-0.05, 0) is 50.7 Å². The van der Waals surface area contributed by atoms with Gasteiger partial charge in [0.2, 0.25) is 5.75 Å². The van der Waals surface area contributed by atoms with E-state index in [2.05, 4.69) is 17.3 Å². The van der Waals surface area contributed by atoms with E-state index in [0.717, 1.165) is 25.2 Å². The van der Waals surface area contributed by atoms with Crippen LogP contribution in [0.1, 0.15) is 18.4 Å². The molecule has 1 aliphatic heterocycles. The van der Waals surface area contributed by atoms with E-state index in [9.17, 15) is 5.11 Å². The summed E-state index contributed by atoms with van der Waals surface area (Å²) in [6.45, 7) is 3.03. The first-order valence-electron chi connectivity index (χ1n) is 6.99. The maximum Gasteiger partial charge on any atom is 0.200 e. The summed E-state index contributed by atoms with van der Waals surface area (Å²) < 4.78 is 10.3. The largest absolute Gasteiger partial charge is 0.502 e. The summed E-state index contributed by atoms with van der Waals surface area (Å²) in [6.07, 6.45) is 2.34. The number of hydrogen-bond acceptors (Lipinski definition) is 5. The number of hydrogen-bond donors (Lipinski definition) is 2. The molecule has 0 aliphatic carbocycles. The van der Waals surface area contributed by atoms with Crippen LogP contribution in [-0.2, 0) is 6.54 Å². The van der Waals surface area contributed by atoms with Crippen molar-refractivity contribution in [3.63, 3.8) is 0 Å². The zero-order chi connectivity index (χ0) is 14.5. The van der Waals surface area contributed by atoms with Crippen LogP contribution in [0.15, 0.2) is 12.1 Å². The van der Waals surface area contributed by atoms with E-state index in [1.165, 1.54) is 12.8 Å².